The Morgan fingerprint density at radius 2 is 1.62 bits per heavy atom. The number of rotatable bonds is 4. The predicted molar refractivity (Wildman–Crippen MR) is 92.6 cm³/mol. The van der Waals surface area contributed by atoms with E-state index in [4.69, 9.17) is 16.3 Å². The topological polar surface area (TPSA) is 76.1 Å². The van der Waals surface area contributed by atoms with E-state index in [1.807, 2.05) is 18.2 Å². The average molecular weight is 341 g/mol. The largest absolute Gasteiger partial charge is 0.424 e. The molecule has 7 heteroatoms. The summed E-state index contributed by atoms with van der Waals surface area (Å²) in [6.07, 6.45) is 2.92. The van der Waals surface area contributed by atoms with E-state index in [9.17, 15) is 4.79 Å². The molecule has 0 spiro atoms. The maximum Gasteiger partial charge on any atom is 0.323 e. The lowest BCUT2D eigenvalue weighted by molar-refractivity contribution is 0.262. The van der Waals surface area contributed by atoms with Gasteiger partial charge in [0.05, 0.1) is 18.1 Å². The van der Waals surface area contributed by atoms with Crippen molar-refractivity contribution in [3.63, 3.8) is 0 Å². The van der Waals surface area contributed by atoms with E-state index in [0.717, 1.165) is 0 Å². The number of ether oxygens (including phenoxy) is 1. The summed E-state index contributed by atoms with van der Waals surface area (Å²) in [5.41, 5.74) is 1.03. The summed E-state index contributed by atoms with van der Waals surface area (Å²) in [4.78, 5) is 20.0. The number of halogens is 1. The highest BCUT2D eigenvalue weighted by molar-refractivity contribution is 6.30. The van der Waals surface area contributed by atoms with Gasteiger partial charge >= 0.3 is 12.0 Å². The SMILES string of the molecule is O=C(Nc1cnc(Oc2ccccc2)nc1)Nc1cccc(Cl)c1. The van der Waals surface area contributed by atoms with Crippen molar-refractivity contribution in [1.29, 1.82) is 0 Å². The molecule has 2 amide bonds. The molecule has 24 heavy (non-hydrogen) atoms. The molecule has 0 saturated carbocycles. The summed E-state index contributed by atoms with van der Waals surface area (Å²) < 4.78 is 5.48. The van der Waals surface area contributed by atoms with Gasteiger partial charge in [-0.3, -0.25) is 0 Å². The van der Waals surface area contributed by atoms with Gasteiger partial charge in [-0.15, -0.1) is 0 Å². The van der Waals surface area contributed by atoms with E-state index in [2.05, 4.69) is 20.6 Å². The molecule has 2 N–H and O–H groups in total. The Kier molecular flexibility index (Phi) is 4.88. The van der Waals surface area contributed by atoms with Gasteiger partial charge in [0.2, 0.25) is 0 Å². The number of benzene rings is 2. The van der Waals surface area contributed by atoms with E-state index >= 15 is 0 Å². The van der Waals surface area contributed by atoms with Crippen LogP contribution < -0.4 is 15.4 Å². The first kappa shape index (κ1) is 15.8. The van der Waals surface area contributed by atoms with Crippen LogP contribution in [0.3, 0.4) is 0 Å². The Labute approximate surface area is 143 Å². The third kappa shape index (κ3) is 4.44. The molecule has 120 valence electrons. The Hall–Kier alpha value is -3.12. The van der Waals surface area contributed by atoms with Crippen LogP contribution in [0.1, 0.15) is 0 Å². The Bertz CT molecular complexity index is 826. The third-order valence-corrected chi connectivity index (χ3v) is 3.16. The Morgan fingerprint density at radius 3 is 2.33 bits per heavy atom. The van der Waals surface area contributed by atoms with Gasteiger partial charge in [0.1, 0.15) is 5.75 Å². The molecule has 0 fully saturated rings. The third-order valence-electron chi connectivity index (χ3n) is 2.92. The van der Waals surface area contributed by atoms with E-state index in [0.29, 0.717) is 22.1 Å². The van der Waals surface area contributed by atoms with Gasteiger partial charge in [0.25, 0.3) is 0 Å². The molecule has 0 atom stereocenters. The summed E-state index contributed by atoms with van der Waals surface area (Å²) in [6.45, 7) is 0. The minimum absolute atomic E-state index is 0.196. The zero-order valence-corrected chi connectivity index (χ0v) is 13.2. The number of carbonyl (C=O) groups is 1. The van der Waals surface area contributed by atoms with Gasteiger partial charge in [0, 0.05) is 10.7 Å². The molecule has 0 aliphatic rings. The molecule has 3 rings (SSSR count). The molecular formula is C17H13ClN4O2. The van der Waals surface area contributed by atoms with Crippen molar-refractivity contribution in [1.82, 2.24) is 9.97 Å². The minimum atomic E-state index is -0.419. The number of hydrogen-bond donors (Lipinski definition) is 2. The quantitative estimate of drug-likeness (QED) is 0.729. The number of amides is 2. The highest BCUT2D eigenvalue weighted by Crippen LogP contribution is 2.18. The van der Waals surface area contributed by atoms with E-state index in [-0.39, 0.29) is 6.01 Å². The molecule has 3 aromatic rings. The number of carbonyl (C=O) groups excluding carboxylic acids is 1. The van der Waals surface area contributed by atoms with Gasteiger partial charge in [-0.1, -0.05) is 35.9 Å². The lowest BCUT2D eigenvalue weighted by Gasteiger charge is -2.08. The Morgan fingerprint density at radius 1 is 0.917 bits per heavy atom. The number of urea groups is 1. The first-order chi connectivity index (χ1) is 11.7. The van der Waals surface area contributed by atoms with Crippen molar-refractivity contribution < 1.29 is 9.53 Å². The summed E-state index contributed by atoms with van der Waals surface area (Å²) in [5, 5.41) is 5.83. The van der Waals surface area contributed by atoms with Crippen LogP contribution in [0.4, 0.5) is 16.2 Å². The molecule has 0 radical (unpaired) electrons. The lowest BCUT2D eigenvalue weighted by atomic mass is 10.3. The lowest BCUT2D eigenvalue weighted by Crippen LogP contribution is -2.19. The maximum absolute atomic E-state index is 11.9. The summed E-state index contributed by atoms with van der Waals surface area (Å²) >= 11 is 5.87. The number of nitrogens with one attached hydrogen (secondary N) is 2. The van der Waals surface area contributed by atoms with Gasteiger partial charge in [-0.25, -0.2) is 14.8 Å². The Balaban J connectivity index is 1.58. The van der Waals surface area contributed by atoms with Gasteiger partial charge in [-0.2, -0.15) is 0 Å². The van der Waals surface area contributed by atoms with Crippen LogP contribution in [0, 0.1) is 0 Å². The zero-order chi connectivity index (χ0) is 16.8. The van der Waals surface area contributed by atoms with Crippen LogP contribution in [-0.4, -0.2) is 16.0 Å². The molecule has 1 aromatic heterocycles. The molecule has 0 aliphatic heterocycles. The number of para-hydroxylation sites is 1. The van der Waals surface area contributed by atoms with E-state index in [1.165, 1.54) is 12.4 Å². The fourth-order valence-electron chi connectivity index (χ4n) is 1.89. The summed E-state index contributed by atoms with van der Waals surface area (Å²) in [5.74, 6) is 0.636. The summed E-state index contributed by atoms with van der Waals surface area (Å²) in [6, 6.07) is 15.8. The van der Waals surface area contributed by atoms with Gasteiger partial charge in [0.15, 0.2) is 0 Å². The molecule has 0 unspecified atom stereocenters. The first-order valence-corrected chi connectivity index (χ1v) is 7.45. The second-order valence-electron chi connectivity index (χ2n) is 4.76. The van der Waals surface area contributed by atoms with Crippen LogP contribution in [0.15, 0.2) is 67.0 Å². The normalized spacial score (nSPS) is 10.0. The second-order valence-corrected chi connectivity index (χ2v) is 5.20. The second kappa shape index (κ2) is 7.43. The van der Waals surface area contributed by atoms with Crippen LogP contribution >= 0.6 is 11.6 Å². The highest BCUT2D eigenvalue weighted by atomic mass is 35.5. The van der Waals surface area contributed by atoms with Crippen LogP contribution in [0.25, 0.3) is 0 Å². The van der Waals surface area contributed by atoms with Crippen molar-refractivity contribution in [2.75, 3.05) is 10.6 Å². The van der Waals surface area contributed by atoms with Crippen LogP contribution in [0.5, 0.6) is 11.8 Å². The summed E-state index contributed by atoms with van der Waals surface area (Å²) in [7, 11) is 0. The molecule has 1 heterocycles. The number of aromatic nitrogens is 2. The number of anilines is 2. The molecular weight excluding hydrogens is 328 g/mol. The van der Waals surface area contributed by atoms with Crippen molar-refractivity contribution in [2.45, 2.75) is 0 Å². The predicted octanol–water partition coefficient (Wildman–Crippen LogP) is 4.57. The smallest absolute Gasteiger partial charge is 0.323 e. The van der Waals surface area contributed by atoms with Gasteiger partial charge < -0.3 is 15.4 Å². The highest BCUT2D eigenvalue weighted by Gasteiger charge is 2.05. The number of hydrogen-bond acceptors (Lipinski definition) is 4. The fraction of sp³-hybridized carbons (Fsp3) is 0. The zero-order valence-electron chi connectivity index (χ0n) is 12.4. The minimum Gasteiger partial charge on any atom is -0.424 e. The van der Waals surface area contributed by atoms with E-state index < -0.39 is 6.03 Å². The first-order valence-electron chi connectivity index (χ1n) is 7.07. The standard InChI is InChI=1S/C17H13ClN4O2/c18-12-5-4-6-13(9-12)21-16(23)22-14-10-19-17(20-11-14)24-15-7-2-1-3-8-15/h1-11H,(H2,21,22,23). The van der Waals surface area contributed by atoms with Crippen molar-refractivity contribution >= 4 is 29.0 Å². The molecule has 6 nitrogen and oxygen atoms in total. The fourth-order valence-corrected chi connectivity index (χ4v) is 2.08. The molecule has 2 aromatic carbocycles. The van der Waals surface area contributed by atoms with E-state index in [1.54, 1.807) is 36.4 Å². The van der Waals surface area contributed by atoms with Crippen molar-refractivity contribution in [3.05, 3.63) is 72.0 Å². The van der Waals surface area contributed by atoms with Crippen LogP contribution in [-0.2, 0) is 0 Å². The van der Waals surface area contributed by atoms with Crippen molar-refractivity contribution in [2.24, 2.45) is 0 Å². The van der Waals surface area contributed by atoms with Crippen LogP contribution in [0.2, 0.25) is 5.02 Å². The average Bonchev–Trinajstić information content (AvgIpc) is 2.57. The maximum atomic E-state index is 11.9. The number of nitrogens with zero attached hydrogens (tertiary/aromatic N) is 2. The van der Waals surface area contributed by atoms with Crippen molar-refractivity contribution in [3.8, 4) is 11.8 Å². The molecule has 0 aliphatic carbocycles. The molecule has 0 bridgehead atoms. The monoisotopic (exact) mass is 340 g/mol. The van der Waals surface area contributed by atoms with Gasteiger partial charge in [-0.05, 0) is 30.3 Å². The molecule has 0 saturated heterocycles.